The molecule has 3 aromatic heterocycles. The van der Waals surface area contributed by atoms with Crippen molar-refractivity contribution in [3.63, 3.8) is 0 Å². The summed E-state index contributed by atoms with van der Waals surface area (Å²) in [4.78, 5) is 31.1. The van der Waals surface area contributed by atoms with Crippen molar-refractivity contribution in [1.82, 2.24) is 40.3 Å². The molecule has 0 bridgehead atoms. The Labute approximate surface area is 231 Å². The van der Waals surface area contributed by atoms with Crippen LogP contribution in [0, 0.1) is 10.5 Å². The van der Waals surface area contributed by atoms with E-state index in [1.807, 2.05) is 0 Å². The third-order valence-electron chi connectivity index (χ3n) is 5.06. The molecule has 0 saturated heterocycles. The van der Waals surface area contributed by atoms with E-state index in [1.165, 1.54) is 18.3 Å². The largest absolute Gasteiger partial charge is 0.455 e. The Hall–Kier alpha value is -3.60. The number of hydrogen-bond donors (Lipinski definition) is 2. The minimum Gasteiger partial charge on any atom is -0.352 e. The number of aryl methyl sites for hydroxylation is 1. The number of alkyl halides is 3. The van der Waals surface area contributed by atoms with E-state index < -0.39 is 17.9 Å². The van der Waals surface area contributed by atoms with Crippen LogP contribution in [0.4, 0.5) is 18.9 Å². The molecule has 38 heavy (non-hydrogen) atoms. The summed E-state index contributed by atoms with van der Waals surface area (Å²) in [5, 5.41) is 19.7. The average Bonchev–Trinajstić information content (AvgIpc) is 3.49. The van der Waals surface area contributed by atoms with Crippen LogP contribution < -0.4 is 10.6 Å². The van der Waals surface area contributed by atoms with Crippen LogP contribution in [-0.2, 0) is 12.7 Å². The summed E-state index contributed by atoms with van der Waals surface area (Å²) < 4.78 is 40.6. The molecule has 4 aromatic rings. The number of benzene rings is 1. The van der Waals surface area contributed by atoms with Gasteiger partial charge in [-0.2, -0.15) is 23.1 Å². The molecule has 0 saturated carbocycles. The van der Waals surface area contributed by atoms with Crippen molar-refractivity contribution >= 4 is 51.7 Å². The molecule has 1 aromatic carbocycles. The first kappa shape index (κ1) is 27.4. The Bertz CT molecular complexity index is 1520. The van der Waals surface area contributed by atoms with Crippen LogP contribution in [-0.4, -0.2) is 53.3 Å². The molecule has 0 atom stereocenters. The van der Waals surface area contributed by atoms with Gasteiger partial charge in [-0.1, -0.05) is 11.6 Å². The number of hydrogen-bond acceptors (Lipinski definition) is 7. The highest BCUT2D eigenvalue weighted by molar-refractivity contribution is 14.1. The highest BCUT2D eigenvalue weighted by Crippen LogP contribution is 2.27. The number of nitrogens with zero attached hydrogens (tertiary/aromatic N) is 7. The summed E-state index contributed by atoms with van der Waals surface area (Å²) >= 11 is 8.36. The predicted molar refractivity (Wildman–Crippen MR) is 138 cm³/mol. The van der Waals surface area contributed by atoms with E-state index in [0.717, 1.165) is 8.25 Å². The number of nitrogens with one attached hydrogen (secondary N) is 2. The lowest BCUT2D eigenvalue weighted by Crippen LogP contribution is -2.26. The van der Waals surface area contributed by atoms with Crippen molar-refractivity contribution in [3.8, 4) is 5.82 Å². The standard InChI is InChI=1S/C22H18ClF3IN9O2/c1-3-28-19(37)14-8-12(27)7-11(2)17(14)30-20(38)16-9-13(10-35-33-21(31-34-35)22(24,25)26)32-36(16)18-15(23)5-4-6-29-18/h4-9H,3,10H2,1-2H3,(H,28,37)(H,30,38). The number of tetrazole rings is 1. The highest BCUT2D eigenvalue weighted by atomic mass is 127. The van der Waals surface area contributed by atoms with E-state index in [2.05, 4.69) is 58.7 Å². The molecule has 0 aliphatic heterocycles. The molecule has 2 N–H and O–H groups in total. The Morgan fingerprint density at radius 1 is 1.16 bits per heavy atom. The first-order chi connectivity index (χ1) is 18.0. The molecule has 0 fully saturated rings. The van der Waals surface area contributed by atoms with Gasteiger partial charge in [-0.25, -0.2) is 9.67 Å². The lowest BCUT2D eigenvalue weighted by molar-refractivity contribution is -0.145. The van der Waals surface area contributed by atoms with Gasteiger partial charge in [-0.05, 0) is 77.5 Å². The Balaban J connectivity index is 1.74. The molecule has 198 valence electrons. The Morgan fingerprint density at radius 2 is 1.92 bits per heavy atom. The van der Waals surface area contributed by atoms with Gasteiger partial charge in [0.05, 0.1) is 22.0 Å². The monoisotopic (exact) mass is 659 g/mol. The second-order valence-corrected chi connectivity index (χ2v) is 9.49. The van der Waals surface area contributed by atoms with Crippen LogP contribution in [0.3, 0.4) is 0 Å². The van der Waals surface area contributed by atoms with Crippen LogP contribution >= 0.6 is 34.2 Å². The fourth-order valence-electron chi connectivity index (χ4n) is 3.45. The number of pyridine rings is 1. The maximum atomic E-state index is 13.5. The number of carbonyl (C=O) groups excluding carboxylic acids is 2. The molecule has 2 amide bonds. The molecule has 3 heterocycles. The van der Waals surface area contributed by atoms with Crippen LogP contribution in [0.15, 0.2) is 36.5 Å². The van der Waals surface area contributed by atoms with E-state index in [4.69, 9.17) is 11.6 Å². The van der Waals surface area contributed by atoms with Gasteiger partial charge in [0, 0.05) is 16.3 Å². The molecule has 4 rings (SSSR count). The lowest BCUT2D eigenvalue weighted by Gasteiger charge is -2.15. The van der Waals surface area contributed by atoms with E-state index >= 15 is 0 Å². The second-order valence-electron chi connectivity index (χ2n) is 7.84. The van der Waals surface area contributed by atoms with Crippen LogP contribution in [0.5, 0.6) is 0 Å². The molecule has 16 heteroatoms. The van der Waals surface area contributed by atoms with Crippen LogP contribution in [0.25, 0.3) is 5.82 Å². The van der Waals surface area contributed by atoms with Crippen molar-refractivity contribution in [2.24, 2.45) is 0 Å². The van der Waals surface area contributed by atoms with Gasteiger partial charge < -0.3 is 10.6 Å². The summed E-state index contributed by atoms with van der Waals surface area (Å²) in [7, 11) is 0. The minimum absolute atomic E-state index is 0.0449. The molecule has 0 aliphatic carbocycles. The smallest absolute Gasteiger partial charge is 0.352 e. The van der Waals surface area contributed by atoms with E-state index in [9.17, 15) is 22.8 Å². The average molecular weight is 660 g/mol. The van der Waals surface area contributed by atoms with E-state index in [-0.39, 0.29) is 45.9 Å². The van der Waals surface area contributed by atoms with E-state index in [1.54, 1.807) is 32.0 Å². The van der Waals surface area contributed by atoms with Crippen molar-refractivity contribution in [2.45, 2.75) is 26.6 Å². The van der Waals surface area contributed by atoms with Crippen LogP contribution in [0.2, 0.25) is 5.02 Å². The molecule has 0 spiro atoms. The number of amides is 2. The quantitative estimate of drug-likeness (QED) is 0.288. The topological polar surface area (TPSA) is 133 Å². The first-order valence-electron chi connectivity index (χ1n) is 10.9. The van der Waals surface area contributed by atoms with Crippen molar-refractivity contribution in [3.05, 3.63) is 73.5 Å². The van der Waals surface area contributed by atoms with Gasteiger partial charge in [0.1, 0.15) is 12.2 Å². The van der Waals surface area contributed by atoms with E-state index in [0.29, 0.717) is 16.9 Å². The summed E-state index contributed by atoms with van der Waals surface area (Å²) in [6.07, 6.45) is -3.33. The molecule has 0 aliphatic rings. The predicted octanol–water partition coefficient (Wildman–Crippen LogP) is 3.89. The Morgan fingerprint density at radius 3 is 2.58 bits per heavy atom. The molecular weight excluding hydrogens is 642 g/mol. The maximum absolute atomic E-state index is 13.5. The molecule has 0 unspecified atom stereocenters. The number of rotatable bonds is 7. The number of halogens is 5. The zero-order chi connectivity index (χ0) is 27.6. The van der Waals surface area contributed by atoms with Crippen molar-refractivity contribution in [2.75, 3.05) is 11.9 Å². The number of anilines is 1. The summed E-state index contributed by atoms with van der Waals surface area (Å²) in [6, 6.07) is 7.90. The summed E-state index contributed by atoms with van der Waals surface area (Å²) in [5.74, 6) is -2.34. The van der Waals surface area contributed by atoms with Gasteiger partial charge >= 0.3 is 6.18 Å². The normalized spacial score (nSPS) is 11.4. The maximum Gasteiger partial charge on any atom is 0.455 e. The van der Waals surface area contributed by atoms with Crippen molar-refractivity contribution in [1.29, 1.82) is 0 Å². The first-order valence-corrected chi connectivity index (χ1v) is 12.4. The zero-order valence-corrected chi connectivity index (χ0v) is 22.6. The Kier molecular flexibility index (Phi) is 7.96. The third kappa shape index (κ3) is 5.93. The number of carbonyl (C=O) groups is 2. The molecule has 0 radical (unpaired) electrons. The fourth-order valence-corrected chi connectivity index (χ4v) is 4.43. The van der Waals surface area contributed by atoms with Gasteiger partial charge in [0.15, 0.2) is 5.82 Å². The summed E-state index contributed by atoms with van der Waals surface area (Å²) in [6.45, 7) is 3.58. The molecular formula is C22H18ClF3IN9O2. The van der Waals surface area contributed by atoms with Gasteiger partial charge in [-0.15, -0.1) is 10.2 Å². The SMILES string of the molecule is CCNC(=O)c1cc(I)cc(C)c1NC(=O)c1cc(Cn2nnc(C(F)(F)F)n2)nn1-c1ncccc1Cl. The molecule has 11 nitrogen and oxygen atoms in total. The van der Waals surface area contributed by atoms with Gasteiger partial charge in [0.25, 0.3) is 17.6 Å². The zero-order valence-electron chi connectivity index (χ0n) is 19.7. The fraction of sp³-hybridized carbons (Fsp3) is 0.227. The van der Waals surface area contributed by atoms with Crippen molar-refractivity contribution < 1.29 is 22.8 Å². The second kappa shape index (κ2) is 11.0. The lowest BCUT2D eigenvalue weighted by atomic mass is 10.1. The third-order valence-corrected chi connectivity index (χ3v) is 5.98. The highest BCUT2D eigenvalue weighted by Gasteiger charge is 2.37. The minimum atomic E-state index is -4.77. The van der Waals surface area contributed by atoms with Gasteiger partial charge in [0.2, 0.25) is 0 Å². The summed E-state index contributed by atoms with van der Waals surface area (Å²) in [5.41, 5.74) is 1.27. The van der Waals surface area contributed by atoms with Gasteiger partial charge in [-0.3, -0.25) is 9.59 Å². The number of aromatic nitrogens is 7. The van der Waals surface area contributed by atoms with Crippen LogP contribution in [0.1, 0.15) is 44.9 Å².